The van der Waals surface area contributed by atoms with E-state index in [0.717, 1.165) is 11.1 Å². The van der Waals surface area contributed by atoms with Crippen LogP contribution in [0.1, 0.15) is 38.8 Å². The van der Waals surface area contributed by atoms with E-state index in [1.54, 1.807) is 26.0 Å². The second-order valence-electron chi connectivity index (χ2n) is 5.62. The van der Waals surface area contributed by atoms with Crippen molar-refractivity contribution >= 4 is 21.9 Å². The molecule has 0 unspecified atom stereocenters. The zero-order chi connectivity index (χ0) is 19.3. The second kappa shape index (κ2) is 8.11. The summed E-state index contributed by atoms with van der Waals surface area (Å²) in [4.78, 5) is 25.7. The largest absolute Gasteiger partial charge is 0.462 e. The Hall–Kier alpha value is -2.71. The highest BCUT2D eigenvalue weighted by Gasteiger charge is 2.17. The molecule has 0 aliphatic rings. The number of hydrogen-bond acceptors (Lipinski definition) is 5. The number of carbonyl (C=O) groups is 2. The molecule has 0 saturated carbocycles. The van der Waals surface area contributed by atoms with Gasteiger partial charge in [0.05, 0.1) is 17.1 Å². The van der Waals surface area contributed by atoms with Crippen LogP contribution < -0.4 is 10.3 Å². The monoisotopic (exact) mass is 376 g/mol. The van der Waals surface area contributed by atoms with E-state index in [-0.39, 0.29) is 17.1 Å². The Labute approximate surface area is 152 Å². The maximum Gasteiger partial charge on any atom is 0.338 e. The molecular weight excluding hydrogens is 356 g/mol. The Balaban J connectivity index is 2.08. The molecule has 0 bridgehead atoms. The third kappa shape index (κ3) is 4.68. The van der Waals surface area contributed by atoms with Crippen molar-refractivity contribution in [3.8, 4) is 0 Å². The lowest BCUT2D eigenvalue weighted by molar-refractivity contribution is 0.0526. The van der Waals surface area contributed by atoms with Crippen molar-refractivity contribution in [1.29, 1.82) is 0 Å². The Morgan fingerprint density at radius 2 is 1.69 bits per heavy atom. The first kappa shape index (κ1) is 19.6. The van der Waals surface area contributed by atoms with Gasteiger partial charge in [0.1, 0.15) is 0 Å². The van der Waals surface area contributed by atoms with Crippen LogP contribution in [0.25, 0.3) is 0 Å². The second-order valence-corrected chi connectivity index (χ2v) is 7.31. The molecule has 2 N–H and O–H groups in total. The van der Waals surface area contributed by atoms with Crippen LogP contribution in [0.5, 0.6) is 0 Å². The third-order valence-corrected chi connectivity index (χ3v) is 4.86. The highest BCUT2D eigenvalue weighted by atomic mass is 32.2. The Morgan fingerprint density at radius 3 is 2.27 bits per heavy atom. The van der Waals surface area contributed by atoms with Crippen molar-refractivity contribution in [3.63, 3.8) is 0 Å². The fraction of sp³-hybridized carbons (Fsp3) is 0.222. The van der Waals surface area contributed by atoms with Crippen LogP contribution in [0.15, 0.2) is 47.4 Å². The molecule has 7 nitrogen and oxygen atoms in total. The van der Waals surface area contributed by atoms with Gasteiger partial charge in [-0.05, 0) is 56.7 Å². The number of hydrogen-bond donors (Lipinski definition) is 2. The van der Waals surface area contributed by atoms with Gasteiger partial charge in [0.2, 0.25) is 0 Å². The summed E-state index contributed by atoms with van der Waals surface area (Å²) >= 11 is 0. The summed E-state index contributed by atoms with van der Waals surface area (Å²) in [6, 6.07) is 10.4. The standard InChI is InChI=1S/C18H20N2O5S/c1-4-25-18(22)14-6-8-15(9-7-14)26(23,24)20-19-17(21)16-10-5-12(2)11-13(16)3/h5-11,20H,4H2,1-3H3,(H,19,21). The SMILES string of the molecule is CCOC(=O)c1ccc(S(=O)(=O)NNC(=O)c2ccc(C)cc2C)cc1. The van der Waals surface area contributed by atoms with Crippen LogP contribution in [-0.2, 0) is 14.8 Å². The molecule has 2 rings (SSSR count). The van der Waals surface area contributed by atoms with E-state index in [4.69, 9.17) is 4.74 Å². The lowest BCUT2D eigenvalue weighted by atomic mass is 10.1. The average Bonchev–Trinajstić information content (AvgIpc) is 2.60. The quantitative estimate of drug-likeness (QED) is 0.594. The fourth-order valence-electron chi connectivity index (χ4n) is 2.29. The first-order valence-electron chi connectivity index (χ1n) is 7.91. The van der Waals surface area contributed by atoms with Crippen LogP contribution in [0.2, 0.25) is 0 Å². The lowest BCUT2D eigenvalue weighted by Crippen LogP contribution is -2.41. The Kier molecular flexibility index (Phi) is 6.12. The van der Waals surface area contributed by atoms with E-state index in [2.05, 4.69) is 5.43 Å². The molecule has 2 aromatic rings. The molecule has 0 radical (unpaired) electrons. The van der Waals surface area contributed by atoms with E-state index in [1.165, 1.54) is 24.3 Å². The van der Waals surface area contributed by atoms with Crippen molar-refractivity contribution in [2.45, 2.75) is 25.7 Å². The first-order chi connectivity index (χ1) is 12.2. The van der Waals surface area contributed by atoms with Crippen LogP contribution >= 0.6 is 0 Å². The molecule has 0 heterocycles. The van der Waals surface area contributed by atoms with Crippen molar-refractivity contribution < 1.29 is 22.7 Å². The number of benzene rings is 2. The summed E-state index contributed by atoms with van der Waals surface area (Å²) in [5.41, 5.74) is 4.54. The number of rotatable bonds is 6. The number of nitrogens with one attached hydrogen (secondary N) is 2. The van der Waals surface area contributed by atoms with Crippen molar-refractivity contribution in [1.82, 2.24) is 10.3 Å². The number of esters is 1. The van der Waals surface area contributed by atoms with E-state index in [1.807, 2.05) is 17.8 Å². The zero-order valence-electron chi connectivity index (χ0n) is 14.7. The van der Waals surface area contributed by atoms with Crippen LogP contribution in [0.3, 0.4) is 0 Å². The highest BCUT2D eigenvalue weighted by molar-refractivity contribution is 7.89. The van der Waals surface area contributed by atoms with Gasteiger partial charge in [-0.3, -0.25) is 10.2 Å². The van der Waals surface area contributed by atoms with E-state index in [0.29, 0.717) is 5.56 Å². The number of ether oxygens (including phenoxy) is 1. The molecule has 0 fully saturated rings. The smallest absolute Gasteiger partial charge is 0.338 e. The van der Waals surface area contributed by atoms with Crippen LogP contribution in [0.4, 0.5) is 0 Å². The topological polar surface area (TPSA) is 102 Å². The summed E-state index contributed by atoms with van der Waals surface area (Å²) in [5.74, 6) is -1.10. The minimum absolute atomic E-state index is 0.0912. The van der Waals surface area contributed by atoms with Gasteiger partial charge in [-0.25, -0.2) is 13.2 Å². The first-order valence-corrected chi connectivity index (χ1v) is 9.39. The predicted molar refractivity (Wildman–Crippen MR) is 96.1 cm³/mol. The van der Waals surface area contributed by atoms with Gasteiger partial charge >= 0.3 is 5.97 Å². The predicted octanol–water partition coefficient (Wildman–Crippen LogP) is 2.10. The van der Waals surface area contributed by atoms with Crippen molar-refractivity contribution in [2.24, 2.45) is 0 Å². The van der Waals surface area contributed by atoms with Gasteiger partial charge in [0.15, 0.2) is 0 Å². The van der Waals surface area contributed by atoms with E-state index in [9.17, 15) is 18.0 Å². The van der Waals surface area contributed by atoms with Gasteiger partial charge < -0.3 is 4.74 Å². The lowest BCUT2D eigenvalue weighted by Gasteiger charge is -2.10. The maximum absolute atomic E-state index is 12.3. The number of sulfonamides is 1. The normalized spacial score (nSPS) is 11.0. The molecule has 2 aromatic carbocycles. The molecule has 0 spiro atoms. The zero-order valence-corrected chi connectivity index (χ0v) is 15.5. The molecule has 0 aliphatic carbocycles. The number of amides is 1. The molecule has 0 saturated heterocycles. The molecular formula is C18H20N2O5S. The minimum Gasteiger partial charge on any atom is -0.462 e. The number of aryl methyl sites for hydroxylation is 2. The Morgan fingerprint density at radius 1 is 1.04 bits per heavy atom. The number of carbonyl (C=O) groups excluding carboxylic acids is 2. The van der Waals surface area contributed by atoms with Gasteiger partial charge in [-0.15, -0.1) is 4.83 Å². The minimum atomic E-state index is -3.97. The maximum atomic E-state index is 12.3. The molecule has 0 atom stereocenters. The van der Waals surface area contributed by atoms with Crippen molar-refractivity contribution in [3.05, 3.63) is 64.7 Å². The average molecular weight is 376 g/mol. The molecule has 1 amide bonds. The summed E-state index contributed by atoms with van der Waals surface area (Å²) in [5, 5.41) is 0. The summed E-state index contributed by atoms with van der Waals surface area (Å²) in [6.07, 6.45) is 0. The molecule has 138 valence electrons. The fourth-order valence-corrected chi connectivity index (χ4v) is 3.13. The van der Waals surface area contributed by atoms with E-state index >= 15 is 0 Å². The van der Waals surface area contributed by atoms with Gasteiger partial charge in [0.25, 0.3) is 15.9 Å². The van der Waals surface area contributed by atoms with Gasteiger partial charge in [-0.2, -0.15) is 0 Å². The third-order valence-electron chi connectivity index (χ3n) is 3.60. The Bertz CT molecular complexity index is 921. The van der Waals surface area contributed by atoms with Crippen molar-refractivity contribution in [2.75, 3.05) is 6.61 Å². The van der Waals surface area contributed by atoms with Crippen LogP contribution in [-0.4, -0.2) is 26.9 Å². The molecule has 26 heavy (non-hydrogen) atoms. The summed E-state index contributed by atoms with van der Waals surface area (Å²) < 4.78 is 29.4. The number of hydrazine groups is 1. The molecule has 0 aliphatic heterocycles. The molecule has 0 aromatic heterocycles. The van der Waals surface area contributed by atoms with Gasteiger partial charge in [-0.1, -0.05) is 17.7 Å². The highest BCUT2D eigenvalue weighted by Crippen LogP contribution is 2.12. The van der Waals surface area contributed by atoms with E-state index < -0.39 is 21.9 Å². The summed E-state index contributed by atoms with van der Waals surface area (Å²) in [6.45, 7) is 5.58. The summed E-state index contributed by atoms with van der Waals surface area (Å²) in [7, 11) is -3.97. The van der Waals surface area contributed by atoms with Gasteiger partial charge in [0, 0.05) is 5.56 Å². The molecule has 8 heteroatoms. The van der Waals surface area contributed by atoms with Crippen LogP contribution in [0, 0.1) is 13.8 Å².